The molecule has 0 unspecified atom stereocenters. The molecule has 0 spiro atoms. The van der Waals surface area contributed by atoms with Gasteiger partial charge in [0.05, 0.1) is 23.1 Å². The van der Waals surface area contributed by atoms with Gasteiger partial charge < -0.3 is 14.6 Å². The molecule has 1 saturated heterocycles. The fourth-order valence-electron chi connectivity index (χ4n) is 2.85. The Morgan fingerprint density at radius 3 is 2.96 bits per heavy atom. The van der Waals surface area contributed by atoms with Gasteiger partial charge in [0.15, 0.2) is 0 Å². The largest absolute Gasteiger partial charge is 0.372 e. The third kappa shape index (κ3) is 3.64. The molecule has 0 bridgehead atoms. The Hall–Kier alpha value is -1.66. The van der Waals surface area contributed by atoms with Gasteiger partial charge in [-0.25, -0.2) is 4.98 Å². The number of aryl methyl sites for hydroxylation is 1. The molecule has 1 N–H and O–H groups in total. The molecule has 0 saturated carbocycles. The average molecular weight is 333 g/mol. The number of aromatic nitrogens is 2. The summed E-state index contributed by atoms with van der Waals surface area (Å²) in [7, 11) is 1.97. The number of nitrogens with one attached hydrogen (secondary N) is 1. The van der Waals surface area contributed by atoms with Crippen LogP contribution in [-0.2, 0) is 11.8 Å². The molecule has 5 nitrogen and oxygen atoms in total. The first-order chi connectivity index (χ1) is 11.0. The van der Waals surface area contributed by atoms with Crippen molar-refractivity contribution in [3.8, 4) is 0 Å². The van der Waals surface area contributed by atoms with E-state index >= 15 is 0 Å². The first-order valence-electron chi connectivity index (χ1n) is 8.03. The van der Waals surface area contributed by atoms with Crippen molar-refractivity contribution >= 4 is 17.2 Å². The van der Waals surface area contributed by atoms with Gasteiger partial charge in [-0.15, -0.1) is 11.3 Å². The normalized spacial score (nSPS) is 21.6. The van der Waals surface area contributed by atoms with Crippen molar-refractivity contribution in [2.24, 2.45) is 7.05 Å². The predicted octanol–water partition coefficient (Wildman–Crippen LogP) is 3.26. The van der Waals surface area contributed by atoms with E-state index in [2.05, 4.69) is 24.1 Å². The minimum absolute atomic E-state index is 0.00360. The molecule has 2 aromatic heterocycles. The second-order valence-corrected chi connectivity index (χ2v) is 7.46. The van der Waals surface area contributed by atoms with Crippen LogP contribution in [0.25, 0.3) is 0 Å². The zero-order chi connectivity index (χ0) is 16.4. The number of hydrogen-bond donors (Lipinski definition) is 1. The van der Waals surface area contributed by atoms with Crippen molar-refractivity contribution in [1.29, 1.82) is 0 Å². The zero-order valence-corrected chi connectivity index (χ0v) is 14.6. The number of amides is 1. The highest BCUT2D eigenvalue weighted by Gasteiger charge is 2.27. The standard InChI is InChI=1S/C17H23N3O2S/c1-11(2)15-4-5-16(23-15)17(21)19-12-6-7-22-14(8-12)13-9-18-10-20(13)3/h4-5,9-12,14H,6-8H2,1-3H3,(H,19,21)/t12-,14-/m1/s1. The third-order valence-corrected chi connectivity index (χ3v) is 5.61. The first kappa shape index (κ1) is 16.2. The fourth-order valence-corrected chi connectivity index (χ4v) is 3.77. The van der Waals surface area contributed by atoms with E-state index in [1.54, 1.807) is 17.7 Å². The maximum Gasteiger partial charge on any atom is 0.261 e. The summed E-state index contributed by atoms with van der Waals surface area (Å²) >= 11 is 1.58. The van der Waals surface area contributed by atoms with Crippen LogP contribution in [0.4, 0.5) is 0 Å². The number of thiophene rings is 1. The summed E-state index contributed by atoms with van der Waals surface area (Å²) in [4.78, 5) is 18.6. The smallest absolute Gasteiger partial charge is 0.261 e. The van der Waals surface area contributed by atoms with Crippen LogP contribution in [0.1, 0.15) is 59.0 Å². The molecule has 1 aliphatic rings. The van der Waals surface area contributed by atoms with Crippen molar-refractivity contribution in [1.82, 2.24) is 14.9 Å². The lowest BCUT2D eigenvalue weighted by molar-refractivity contribution is -0.00298. The predicted molar refractivity (Wildman–Crippen MR) is 90.8 cm³/mol. The lowest BCUT2D eigenvalue weighted by Crippen LogP contribution is -2.39. The van der Waals surface area contributed by atoms with E-state index in [1.165, 1.54) is 4.88 Å². The Labute approximate surface area is 140 Å². The molecule has 0 radical (unpaired) electrons. The summed E-state index contributed by atoms with van der Waals surface area (Å²) in [5, 5.41) is 3.16. The van der Waals surface area contributed by atoms with Crippen molar-refractivity contribution in [3.63, 3.8) is 0 Å². The van der Waals surface area contributed by atoms with E-state index in [1.807, 2.05) is 29.9 Å². The maximum absolute atomic E-state index is 12.4. The van der Waals surface area contributed by atoms with Crippen LogP contribution in [0.15, 0.2) is 24.7 Å². The molecular weight excluding hydrogens is 310 g/mol. The number of carbonyl (C=O) groups is 1. The molecule has 1 fully saturated rings. The minimum atomic E-state index is -0.00360. The molecule has 0 aliphatic carbocycles. The van der Waals surface area contributed by atoms with Crippen molar-refractivity contribution in [3.05, 3.63) is 40.1 Å². The van der Waals surface area contributed by atoms with Gasteiger partial charge in [-0.05, 0) is 30.9 Å². The summed E-state index contributed by atoms with van der Waals surface area (Å²) in [5.41, 5.74) is 1.06. The number of imidazole rings is 1. The van der Waals surface area contributed by atoms with Crippen LogP contribution in [-0.4, -0.2) is 28.1 Å². The van der Waals surface area contributed by atoms with E-state index < -0.39 is 0 Å². The van der Waals surface area contributed by atoms with E-state index in [9.17, 15) is 4.79 Å². The van der Waals surface area contributed by atoms with Gasteiger partial charge in [0.1, 0.15) is 6.10 Å². The first-order valence-corrected chi connectivity index (χ1v) is 8.84. The molecular formula is C17H23N3O2S. The van der Waals surface area contributed by atoms with Gasteiger partial charge in [0.2, 0.25) is 0 Å². The van der Waals surface area contributed by atoms with Crippen LogP contribution in [0.2, 0.25) is 0 Å². The van der Waals surface area contributed by atoms with Crippen LogP contribution < -0.4 is 5.32 Å². The van der Waals surface area contributed by atoms with E-state index in [-0.39, 0.29) is 18.1 Å². The molecule has 2 aromatic rings. The summed E-state index contributed by atoms with van der Waals surface area (Å²) in [6.45, 7) is 4.94. The van der Waals surface area contributed by atoms with E-state index in [0.717, 1.165) is 23.4 Å². The summed E-state index contributed by atoms with van der Waals surface area (Å²) in [5.74, 6) is 0.483. The molecule has 23 heavy (non-hydrogen) atoms. The average Bonchev–Trinajstić information content (AvgIpc) is 3.16. The monoisotopic (exact) mass is 333 g/mol. The zero-order valence-electron chi connectivity index (χ0n) is 13.8. The molecule has 3 rings (SSSR count). The summed E-state index contributed by atoms with van der Waals surface area (Å²) < 4.78 is 7.82. The van der Waals surface area contributed by atoms with Crippen LogP contribution >= 0.6 is 11.3 Å². The Balaban J connectivity index is 1.63. The maximum atomic E-state index is 12.4. The number of rotatable bonds is 4. The SMILES string of the molecule is CC(C)c1ccc(C(=O)N[C@@H]2CCO[C@@H](c3cncn3C)C2)s1. The van der Waals surface area contributed by atoms with Crippen LogP contribution in [0, 0.1) is 0 Å². The number of carbonyl (C=O) groups excluding carboxylic acids is 1. The molecule has 1 amide bonds. The van der Waals surface area contributed by atoms with Crippen molar-refractivity contribution < 1.29 is 9.53 Å². The Morgan fingerprint density at radius 1 is 1.48 bits per heavy atom. The molecule has 6 heteroatoms. The van der Waals surface area contributed by atoms with Crippen LogP contribution in [0.5, 0.6) is 0 Å². The highest BCUT2D eigenvalue weighted by Crippen LogP contribution is 2.28. The second-order valence-electron chi connectivity index (χ2n) is 6.34. The summed E-state index contributed by atoms with van der Waals surface area (Å²) in [6.07, 6.45) is 5.25. The Kier molecular flexibility index (Phi) is 4.82. The number of ether oxygens (including phenoxy) is 1. The summed E-state index contributed by atoms with van der Waals surface area (Å²) in [6, 6.07) is 4.11. The molecule has 0 aromatic carbocycles. The molecule has 124 valence electrons. The van der Waals surface area contributed by atoms with Crippen molar-refractivity contribution in [2.45, 2.75) is 44.8 Å². The Bertz CT molecular complexity index is 677. The lowest BCUT2D eigenvalue weighted by atomic mass is 10.0. The molecule has 3 heterocycles. The molecule has 2 atom stereocenters. The van der Waals surface area contributed by atoms with Gasteiger partial charge in [-0.2, -0.15) is 0 Å². The second kappa shape index (κ2) is 6.84. The number of hydrogen-bond acceptors (Lipinski definition) is 4. The highest BCUT2D eigenvalue weighted by atomic mass is 32.1. The lowest BCUT2D eigenvalue weighted by Gasteiger charge is -2.30. The molecule has 1 aliphatic heterocycles. The Morgan fingerprint density at radius 2 is 2.30 bits per heavy atom. The minimum Gasteiger partial charge on any atom is -0.372 e. The van der Waals surface area contributed by atoms with Gasteiger partial charge in [0, 0.05) is 24.6 Å². The van der Waals surface area contributed by atoms with Gasteiger partial charge in [-0.3, -0.25) is 4.79 Å². The van der Waals surface area contributed by atoms with Gasteiger partial charge >= 0.3 is 0 Å². The van der Waals surface area contributed by atoms with E-state index in [4.69, 9.17) is 4.74 Å². The van der Waals surface area contributed by atoms with Gasteiger partial charge in [0.25, 0.3) is 5.91 Å². The topological polar surface area (TPSA) is 56.1 Å². The third-order valence-electron chi connectivity index (χ3n) is 4.22. The van der Waals surface area contributed by atoms with E-state index in [0.29, 0.717) is 12.5 Å². The highest BCUT2D eigenvalue weighted by molar-refractivity contribution is 7.14. The van der Waals surface area contributed by atoms with Crippen molar-refractivity contribution in [2.75, 3.05) is 6.61 Å². The quantitative estimate of drug-likeness (QED) is 0.934. The van der Waals surface area contributed by atoms with Crippen LogP contribution in [0.3, 0.4) is 0 Å². The van der Waals surface area contributed by atoms with Gasteiger partial charge in [-0.1, -0.05) is 13.8 Å². The fraction of sp³-hybridized carbons (Fsp3) is 0.529. The number of nitrogens with zero attached hydrogens (tertiary/aromatic N) is 2.